The Morgan fingerprint density at radius 1 is 1.44 bits per heavy atom. The molecule has 0 bridgehead atoms. The standard InChI is InChI=1S/C14H20N2O2/c1-3-18-11(2)10-16-13(17)9-15-14(16)12-7-5-4-6-8-12/h4-8,11,14-15H,3,9-10H2,1-2H3. The summed E-state index contributed by atoms with van der Waals surface area (Å²) in [6, 6.07) is 10.0. The summed E-state index contributed by atoms with van der Waals surface area (Å²) in [5, 5.41) is 3.24. The summed E-state index contributed by atoms with van der Waals surface area (Å²) in [6.45, 7) is 5.66. The van der Waals surface area contributed by atoms with Gasteiger partial charge >= 0.3 is 0 Å². The van der Waals surface area contributed by atoms with Crippen LogP contribution in [-0.4, -0.2) is 36.6 Å². The maximum atomic E-state index is 11.9. The number of carbonyl (C=O) groups is 1. The Kier molecular flexibility index (Phi) is 4.33. The molecule has 1 fully saturated rings. The summed E-state index contributed by atoms with van der Waals surface area (Å²) >= 11 is 0. The zero-order valence-electron chi connectivity index (χ0n) is 10.9. The number of amides is 1. The average Bonchev–Trinajstić information content (AvgIpc) is 2.73. The number of rotatable bonds is 5. The zero-order valence-corrected chi connectivity index (χ0v) is 10.9. The Labute approximate surface area is 108 Å². The van der Waals surface area contributed by atoms with E-state index in [4.69, 9.17) is 4.74 Å². The predicted octanol–water partition coefficient (Wildman–Crippen LogP) is 1.54. The first-order chi connectivity index (χ1) is 8.72. The summed E-state index contributed by atoms with van der Waals surface area (Å²) < 4.78 is 5.51. The van der Waals surface area contributed by atoms with Crippen LogP contribution in [0.2, 0.25) is 0 Å². The van der Waals surface area contributed by atoms with Crippen LogP contribution in [0.1, 0.15) is 25.6 Å². The first kappa shape index (κ1) is 13.1. The SMILES string of the molecule is CCOC(C)CN1C(=O)CNC1c1ccccc1. The quantitative estimate of drug-likeness (QED) is 0.859. The third kappa shape index (κ3) is 2.89. The topological polar surface area (TPSA) is 41.6 Å². The number of hydrogen-bond acceptors (Lipinski definition) is 3. The van der Waals surface area contributed by atoms with Crippen molar-refractivity contribution in [1.82, 2.24) is 10.2 Å². The molecule has 2 unspecified atom stereocenters. The van der Waals surface area contributed by atoms with E-state index >= 15 is 0 Å². The van der Waals surface area contributed by atoms with E-state index in [0.717, 1.165) is 5.56 Å². The largest absolute Gasteiger partial charge is 0.377 e. The summed E-state index contributed by atoms with van der Waals surface area (Å²) in [4.78, 5) is 13.8. The molecule has 4 nitrogen and oxygen atoms in total. The van der Waals surface area contributed by atoms with Gasteiger partial charge < -0.3 is 9.64 Å². The molecule has 1 aromatic carbocycles. The molecule has 4 heteroatoms. The number of nitrogens with zero attached hydrogens (tertiary/aromatic N) is 1. The summed E-state index contributed by atoms with van der Waals surface area (Å²) in [5.41, 5.74) is 1.12. The van der Waals surface area contributed by atoms with Gasteiger partial charge in [-0.25, -0.2) is 0 Å². The zero-order chi connectivity index (χ0) is 13.0. The highest BCUT2D eigenvalue weighted by Gasteiger charge is 2.32. The van der Waals surface area contributed by atoms with Crippen molar-refractivity contribution in [2.45, 2.75) is 26.1 Å². The molecule has 0 aromatic heterocycles. The van der Waals surface area contributed by atoms with Crippen molar-refractivity contribution in [2.24, 2.45) is 0 Å². The molecule has 1 aliphatic heterocycles. The van der Waals surface area contributed by atoms with Gasteiger partial charge in [-0.05, 0) is 19.4 Å². The number of carbonyl (C=O) groups excluding carboxylic acids is 1. The summed E-state index contributed by atoms with van der Waals surface area (Å²) in [7, 11) is 0. The van der Waals surface area contributed by atoms with Crippen LogP contribution in [0.4, 0.5) is 0 Å². The number of benzene rings is 1. The fourth-order valence-corrected chi connectivity index (χ4v) is 2.29. The highest BCUT2D eigenvalue weighted by molar-refractivity contribution is 5.81. The third-order valence-electron chi connectivity index (χ3n) is 3.10. The third-order valence-corrected chi connectivity index (χ3v) is 3.10. The van der Waals surface area contributed by atoms with E-state index in [1.165, 1.54) is 0 Å². The van der Waals surface area contributed by atoms with E-state index < -0.39 is 0 Å². The highest BCUT2D eigenvalue weighted by Crippen LogP contribution is 2.22. The Hall–Kier alpha value is -1.39. The van der Waals surface area contributed by atoms with Crippen LogP contribution >= 0.6 is 0 Å². The molecule has 1 heterocycles. The lowest BCUT2D eigenvalue weighted by atomic mass is 10.1. The smallest absolute Gasteiger partial charge is 0.238 e. The molecule has 0 radical (unpaired) electrons. The van der Waals surface area contributed by atoms with Crippen LogP contribution in [-0.2, 0) is 9.53 Å². The molecule has 0 spiro atoms. The van der Waals surface area contributed by atoms with E-state index in [1.54, 1.807) is 0 Å². The van der Waals surface area contributed by atoms with Crippen molar-refractivity contribution in [3.05, 3.63) is 35.9 Å². The van der Waals surface area contributed by atoms with Crippen LogP contribution < -0.4 is 5.32 Å². The molecule has 98 valence electrons. The fraction of sp³-hybridized carbons (Fsp3) is 0.500. The highest BCUT2D eigenvalue weighted by atomic mass is 16.5. The predicted molar refractivity (Wildman–Crippen MR) is 70.0 cm³/mol. The number of ether oxygens (including phenoxy) is 1. The first-order valence-electron chi connectivity index (χ1n) is 6.41. The monoisotopic (exact) mass is 248 g/mol. The second-order valence-corrected chi connectivity index (χ2v) is 4.51. The Balaban J connectivity index is 2.08. The van der Waals surface area contributed by atoms with Crippen molar-refractivity contribution in [3.63, 3.8) is 0 Å². The lowest BCUT2D eigenvalue weighted by Crippen LogP contribution is -2.36. The molecule has 0 aliphatic carbocycles. The molecular formula is C14H20N2O2. The average molecular weight is 248 g/mol. The normalized spacial score (nSPS) is 21.3. The van der Waals surface area contributed by atoms with Gasteiger partial charge in [0.1, 0.15) is 6.17 Å². The van der Waals surface area contributed by atoms with Gasteiger partial charge in [0, 0.05) is 13.2 Å². The Morgan fingerprint density at radius 2 is 2.17 bits per heavy atom. The molecule has 2 rings (SSSR count). The number of nitrogens with one attached hydrogen (secondary N) is 1. The molecule has 1 saturated heterocycles. The van der Waals surface area contributed by atoms with Crippen LogP contribution in [0.15, 0.2) is 30.3 Å². The van der Waals surface area contributed by atoms with Crippen molar-refractivity contribution in [2.75, 3.05) is 19.7 Å². The second kappa shape index (κ2) is 5.98. The van der Waals surface area contributed by atoms with Gasteiger partial charge in [-0.1, -0.05) is 30.3 Å². The van der Waals surface area contributed by atoms with Gasteiger partial charge in [-0.3, -0.25) is 10.1 Å². The molecule has 0 saturated carbocycles. The van der Waals surface area contributed by atoms with E-state index in [1.807, 2.05) is 49.1 Å². The van der Waals surface area contributed by atoms with Gasteiger partial charge in [0.2, 0.25) is 5.91 Å². The molecule has 1 aliphatic rings. The van der Waals surface area contributed by atoms with E-state index in [9.17, 15) is 4.79 Å². The van der Waals surface area contributed by atoms with Crippen LogP contribution in [0.3, 0.4) is 0 Å². The molecule has 1 amide bonds. The van der Waals surface area contributed by atoms with Gasteiger partial charge in [-0.2, -0.15) is 0 Å². The van der Waals surface area contributed by atoms with Crippen LogP contribution in [0, 0.1) is 0 Å². The minimum atomic E-state index is -0.0263. The minimum Gasteiger partial charge on any atom is -0.377 e. The Bertz CT molecular complexity index is 394. The molecule has 18 heavy (non-hydrogen) atoms. The number of hydrogen-bond donors (Lipinski definition) is 1. The second-order valence-electron chi connectivity index (χ2n) is 4.51. The lowest BCUT2D eigenvalue weighted by molar-refractivity contribution is -0.129. The molecule has 2 atom stereocenters. The molecule has 1 N–H and O–H groups in total. The maximum absolute atomic E-state index is 11.9. The fourth-order valence-electron chi connectivity index (χ4n) is 2.29. The van der Waals surface area contributed by atoms with Crippen molar-refractivity contribution in [1.29, 1.82) is 0 Å². The van der Waals surface area contributed by atoms with Crippen molar-refractivity contribution >= 4 is 5.91 Å². The van der Waals surface area contributed by atoms with Gasteiger partial charge in [-0.15, -0.1) is 0 Å². The Morgan fingerprint density at radius 3 is 2.83 bits per heavy atom. The van der Waals surface area contributed by atoms with Crippen molar-refractivity contribution in [3.8, 4) is 0 Å². The molecular weight excluding hydrogens is 228 g/mol. The van der Waals surface area contributed by atoms with E-state index in [0.29, 0.717) is 19.7 Å². The maximum Gasteiger partial charge on any atom is 0.238 e. The minimum absolute atomic E-state index is 0.0263. The van der Waals surface area contributed by atoms with E-state index in [-0.39, 0.29) is 18.2 Å². The van der Waals surface area contributed by atoms with Crippen LogP contribution in [0.5, 0.6) is 0 Å². The van der Waals surface area contributed by atoms with Crippen LogP contribution in [0.25, 0.3) is 0 Å². The first-order valence-corrected chi connectivity index (χ1v) is 6.41. The van der Waals surface area contributed by atoms with E-state index in [2.05, 4.69) is 5.32 Å². The van der Waals surface area contributed by atoms with Gasteiger partial charge in [0.15, 0.2) is 0 Å². The van der Waals surface area contributed by atoms with Gasteiger partial charge in [0.25, 0.3) is 0 Å². The van der Waals surface area contributed by atoms with Gasteiger partial charge in [0.05, 0.1) is 12.6 Å². The summed E-state index contributed by atoms with van der Waals surface area (Å²) in [5.74, 6) is 0.135. The van der Waals surface area contributed by atoms with Crippen molar-refractivity contribution < 1.29 is 9.53 Å². The summed E-state index contributed by atoms with van der Waals surface area (Å²) in [6.07, 6.45) is 0.0340. The molecule has 1 aromatic rings. The lowest BCUT2D eigenvalue weighted by Gasteiger charge is -2.27.